The Morgan fingerprint density at radius 3 is 2.42 bits per heavy atom. The zero-order valence-electron chi connectivity index (χ0n) is 13.8. The molecule has 1 amide bonds. The van der Waals surface area contributed by atoms with Gasteiger partial charge >= 0.3 is 0 Å². The SMILES string of the molecule is NS(=O)(=O)c1cc(NC(=O)Cc2ccccc2)cc(-c2cccnc2)c1. The zero-order chi connectivity index (χ0) is 18.6. The first kappa shape index (κ1) is 17.8. The summed E-state index contributed by atoms with van der Waals surface area (Å²) in [6.07, 6.45) is 3.41. The molecule has 0 saturated heterocycles. The predicted molar refractivity (Wildman–Crippen MR) is 99.8 cm³/mol. The summed E-state index contributed by atoms with van der Waals surface area (Å²) in [5, 5.41) is 8.00. The van der Waals surface area contributed by atoms with Crippen LogP contribution in [0.3, 0.4) is 0 Å². The Balaban J connectivity index is 1.92. The number of pyridine rings is 1. The fourth-order valence-electron chi connectivity index (χ4n) is 2.52. The molecule has 0 aliphatic heterocycles. The second kappa shape index (κ2) is 7.47. The summed E-state index contributed by atoms with van der Waals surface area (Å²) < 4.78 is 23.6. The minimum atomic E-state index is -3.92. The Hall–Kier alpha value is -3.03. The van der Waals surface area contributed by atoms with Crippen LogP contribution in [0.15, 0.2) is 78.0 Å². The number of primary sulfonamides is 1. The molecule has 0 saturated carbocycles. The van der Waals surface area contributed by atoms with Gasteiger partial charge in [-0.1, -0.05) is 36.4 Å². The molecule has 3 N–H and O–H groups in total. The Kier molecular flexibility index (Phi) is 5.11. The van der Waals surface area contributed by atoms with E-state index in [2.05, 4.69) is 10.3 Å². The van der Waals surface area contributed by atoms with E-state index < -0.39 is 10.0 Å². The summed E-state index contributed by atoms with van der Waals surface area (Å²) in [6, 6.07) is 17.3. The van der Waals surface area contributed by atoms with E-state index in [0.29, 0.717) is 11.3 Å². The van der Waals surface area contributed by atoms with Gasteiger partial charge in [0.1, 0.15) is 0 Å². The minimum Gasteiger partial charge on any atom is -0.326 e. The van der Waals surface area contributed by atoms with Gasteiger partial charge in [0.2, 0.25) is 15.9 Å². The van der Waals surface area contributed by atoms with Crippen LogP contribution in [0.5, 0.6) is 0 Å². The Morgan fingerprint density at radius 2 is 1.77 bits per heavy atom. The van der Waals surface area contributed by atoms with Crippen LogP contribution in [-0.2, 0) is 21.2 Å². The summed E-state index contributed by atoms with van der Waals surface area (Å²) >= 11 is 0. The lowest BCUT2D eigenvalue weighted by Gasteiger charge is -2.10. The van der Waals surface area contributed by atoms with E-state index in [4.69, 9.17) is 5.14 Å². The predicted octanol–water partition coefficient (Wildman–Crippen LogP) is 2.58. The number of aromatic nitrogens is 1. The molecule has 0 spiro atoms. The molecule has 7 heteroatoms. The highest BCUT2D eigenvalue weighted by atomic mass is 32.2. The van der Waals surface area contributed by atoms with Crippen molar-refractivity contribution >= 4 is 21.6 Å². The molecular weight excluding hydrogens is 350 g/mol. The van der Waals surface area contributed by atoms with Gasteiger partial charge in [0, 0.05) is 23.6 Å². The molecule has 132 valence electrons. The van der Waals surface area contributed by atoms with Crippen molar-refractivity contribution in [2.45, 2.75) is 11.3 Å². The average Bonchev–Trinajstić information content (AvgIpc) is 2.62. The Morgan fingerprint density at radius 1 is 1.00 bits per heavy atom. The third kappa shape index (κ3) is 4.53. The van der Waals surface area contributed by atoms with Crippen LogP contribution in [0, 0.1) is 0 Å². The lowest BCUT2D eigenvalue weighted by molar-refractivity contribution is -0.115. The molecule has 3 aromatic rings. The van der Waals surface area contributed by atoms with Crippen molar-refractivity contribution in [2.75, 3.05) is 5.32 Å². The topological polar surface area (TPSA) is 102 Å². The number of carbonyl (C=O) groups excluding carboxylic acids is 1. The molecule has 1 aromatic heterocycles. The van der Waals surface area contributed by atoms with Gasteiger partial charge in [-0.05, 0) is 35.4 Å². The van der Waals surface area contributed by atoms with Crippen LogP contribution >= 0.6 is 0 Å². The molecule has 0 aliphatic rings. The molecule has 1 heterocycles. The summed E-state index contributed by atoms with van der Waals surface area (Å²) in [5.41, 5.74) is 2.53. The van der Waals surface area contributed by atoms with Crippen molar-refractivity contribution in [1.82, 2.24) is 4.98 Å². The van der Waals surface area contributed by atoms with Crippen molar-refractivity contribution in [3.63, 3.8) is 0 Å². The summed E-state index contributed by atoms with van der Waals surface area (Å²) in [5.74, 6) is -0.250. The average molecular weight is 367 g/mol. The second-order valence-corrected chi connectivity index (χ2v) is 7.30. The van der Waals surface area contributed by atoms with Gasteiger partial charge in [0.25, 0.3) is 0 Å². The number of carbonyl (C=O) groups is 1. The molecule has 0 fully saturated rings. The maximum absolute atomic E-state index is 12.3. The van der Waals surface area contributed by atoms with Crippen molar-refractivity contribution in [3.8, 4) is 11.1 Å². The number of nitrogens with one attached hydrogen (secondary N) is 1. The second-order valence-electron chi connectivity index (χ2n) is 5.74. The van der Waals surface area contributed by atoms with E-state index in [-0.39, 0.29) is 17.2 Å². The first-order valence-electron chi connectivity index (χ1n) is 7.84. The van der Waals surface area contributed by atoms with E-state index in [0.717, 1.165) is 11.1 Å². The van der Waals surface area contributed by atoms with Gasteiger partial charge in [0.15, 0.2) is 0 Å². The van der Waals surface area contributed by atoms with E-state index >= 15 is 0 Å². The monoisotopic (exact) mass is 367 g/mol. The van der Waals surface area contributed by atoms with Crippen LogP contribution in [0.2, 0.25) is 0 Å². The minimum absolute atomic E-state index is 0.0751. The third-order valence-electron chi connectivity index (χ3n) is 3.72. The van der Waals surface area contributed by atoms with Crippen LogP contribution < -0.4 is 10.5 Å². The summed E-state index contributed by atoms with van der Waals surface area (Å²) in [4.78, 5) is 16.2. The molecule has 26 heavy (non-hydrogen) atoms. The van der Waals surface area contributed by atoms with Gasteiger partial charge < -0.3 is 5.32 Å². The van der Waals surface area contributed by atoms with Gasteiger partial charge in [-0.25, -0.2) is 13.6 Å². The van der Waals surface area contributed by atoms with Crippen molar-refractivity contribution in [2.24, 2.45) is 5.14 Å². The number of anilines is 1. The molecule has 3 rings (SSSR count). The zero-order valence-corrected chi connectivity index (χ0v) is 14.6. The van der Waals surface area contributed by atoms with Crippen LogP contribution in [0.4, 0.5) is 5.69 Å². The van der Waals surface area contributed by atoms with Crippen molar-refractivity contribution < 1.29 is 13.2 Å². The molecule has 0 atom stereocenters. The highest BCUT2D eigenvalue weighted by molar-refractivity contribution is 7.89. The third-order valence-corrected chi connectivity index (χ3v) is 4.61. The maximum Gasteiger partial charge on any atom is 0.238 e. The molecule has 0 bridgehead atoms. The lowest BCUT2D eigenvalue weighted by Crippen LogP contribution is -2.16. The number of nitrogens with zero attached hydrogens (tertiary/aromatic N) is 1. The van der Waals surface area contributed by atoms with Crippen LogP contribution in [-0.4, -0.2) is 19.3 Å². The van der Waals surface area contributed by atoms with E-state index in [9.17, 15) is 13.2 Å². The Bertz CT molecular complexity index is 1020. The number of rotatable bonds is 5. The van der Waals surface area contributed by atoms with E-state index in [1.165, 1.54) is 12.1 Å². The number of nitrogens with two attached hydrogens (primary N) is 1. The number of amides is 1. The molecular formula is C19H17N3O3S. The molecule has 6 nitrogen and oxygen atoms in total. The van der Waals surface area contributed by atoms with Crippen molar-refractivity contribution in [3.05, 3.63) is 78.6 Å². The van der Waals surface area contributed by atoms with Gasteiger partial charge in [0.05, 0.1) is 11.3 Å². The number of hydrogen-bond acceptors (Lipinski definition) is 4. The molecule has 2 aromatic carbocycles. The number of hydrogen-bond donors (Lipinski definition) is 2. The molecule has 0 aliphatic carbocycles. The smallest absolute Gasteiger partial charge is 0.238 e. The van der Waals surface area contributed by atoms with Crippen LogP contribution in [0.25, 0.3) is 11.1 Å². The summed E-state index contributed by atoms with van der Waals surface area (Å²) in [6.45, 7) is 0. The van der Waals surface area contributed by atoms with Crippen LogP contribution in [0.1, 0.15) is 5.56 Å². The standard InChI is InChI=1S/C19H17N3O3S/c20-26(24,25)18-11-16(15-7-4-8-21-13-15)10-17(12-18)22-19(23)9-14-5-2-1-3-6-14/h1-8,10-13H,9H2,(H,22,23)(H2,20,24,25). The first-order chi connectivity index (χ1) is 12.4. The van der Waals surface area contributed by atoms with Gasteiger partial charge in [-0.15, -0.1) is 0 Å². The normalized spacial score (nSPS) is 11.1. The number of benzene rings is 2. The molecule has 0 radical (unpaired) electrons. The largest absolute Gasteiger partial charge is 0.326 e. The number of sulfonamides is 1. The fraction of sp³-hybridized carbons (Fsp3) is 0.0526. The van der Waals surface area contributed by atoms with Crippen molar-refractivity contribution in [1.29, 1.82) is 0 Å². The quantitative estimate of drug-likeness (QED) is 0.723. The first-order valence-corrected chi connectivity index (χ1v) is 9.38. The van der Waals surface area contributed by atoms with Gasteiger partial charge in [-0.2, -0.15) is 0 Å². The highest BCUT2D eigenvalue weighted by Gasteiger charge is 2.13. The lowest BCUT2D eigenvalue weighted by atomic mass is 10.1. The van der Waals surface area contributed by atoms with E-state index in [1.54, 1.807) is 30.6 Å². The van der Waals surface area contributed by atoms with Gasteiger partial charge in [-0.3, -0.25) is 9.78 Å². The maximum atomic E-state index is 12.3. The fourth-order valence-corrected chi connectivity index (χ4v) is 3.10. The molecule has 0 unspecified atom stereocenters. The summed E-state index contributed by atoms with van der Waals surface area (Å²) in [7, 11) is -3.92. The Labute approximate surface area is 151 Å². The van der Waals surface area contributed by atoms with E-state index in [1.807, 2.05) is 30.3 Å². The highest BCUT2D eigenvalue weighted by Crippen LogP contribution is 2.26.